The van der Waals surface area contributed by atoms with Crippen molar-refractivity contribution in [2.75, 3.05) is 18.9 Å². The topological polar surface area (TPSA) is 84.5 Å². The second kappa shape index (κ2) is 8.86. The number of esters is 1. The van der Waals surface area contributed by atoms with Gasteiger partial charge in [-0.25, -0.2) is 4.79 Å². The van der Waals surface area contributed by atoms with Crippen LogP contribution < -0.4 is 10.6 Å². The molecule has 0 aliphatic heterocycles. The highest BCUT2D eigenvalue weighted by atomic mass is 32.2. The van der Waals surface area contributed by atoms with Crippen LogP contribution in [0.3, 0.4) is 0 Å². The van der Waals surface area contributed by atoms with Crippen LogP contribution >= 0.6 is 11.8 Å². The standard InChI is InChI=1S/C10H18N2O4S/c1-4-11-10(15)12-9(14)7(3)17-6-8(13)16-5-2/h7H,4-6H2,1-3H3,(H2,11,12,14,15). The van der Waals surface area contributed by atoms with Crippen LogP contribution in [0.5, 0.6) is 0 Å². The number of amides is 3. The summed E-state index contributed by atoms with van der Waals surface area (Å²) in [6.45, 7) is 5.86. The van der Waals surface area contributed by atoms with Gasteiger partial charge in [-0.3, -0.25) is 14.9 Å². The molecule has 0 aromatic heterocycles. The van der Waals surface area contributed by atoms with E-state index >= 15 is 0 Å². The minimum absolute atomic E-state index is 0.0951. The lowest BCUT2D eigenvalue weighted by Crippen LogP contribution is -2.42. The van der Waals surface area contributed by atoms with E-state index in [0.717, 1.165) is 11.8 Å². The molecule has 98 valence electrons. The molecule has 0 aliphatic carbocycles. The Kier molecular flexibility index (Phi) is 8.21. The number of ether oxygens (including phenoxy) is 1. The lowest BCUT2D eigenvalue weighted by atomic mass is 10.4. The molecule has 0 spiro atoms. The third kappa shape index (κ3) is 7.62. The zero-order chi connectivity index (χ0) is 13.3. The van der Waals surface area contributed by atoms with Gasteiger partial charge in [0.2, 0.25) is 5.91 Å². The van der Waals surface area contributed by atoms with Crippen molar-refractivity contribution in [3.8, 4) is 0 Å². The predicted molar refractivity (Wildman–Crippen MR) is 65.8 cm³/mol. The Labute approximate surface area is 105 Å². The lowest BCUT2D eigenvalue weighted by molar-refractivity contribution is -0.139. The molecule has 0 fully saturated rings. The van der Waals surface area contributed by atoms with Crippen molar-refractivity contribution >= 4 is 29.7 Å². The Morgan fingerprint density at radius 3 is 2.47 bits per heavy atom. The SMILES string of the molecule is CCNC(=O)NC(=O)C(C)SCC(=O)OCC. The largest absolute Gasteiger partial charge is 0.465 e. The van der Waals surface area contributed by atoms with Crippen molar-refractivity contribution in [1.82, 2.24) is 10.6 Å². The Morgan fingerprint density at radius 2 is 1.94 bits per heavy atom. The number of urea groups is 1. The summed E-state index contributed by atoms with van der Waals surface area (Å²) in [6, 6.07) is -0.527. The number of hydrogen-bond acceptors (Lipinski definition) is 5. The fraction of sp³-hybridized carbons (Fsp3) is 0.700. The summed E-state index contributed by atoms with van der Waals surface area (Å²) in [6.07, 6.45) is 0. The van der Waals surface area contributed by atoms with Gasteiger partial charge in [-0.1, -0.05) is 0 Å². The number of nitrogens with one attached hydrogen (secondary N) is 2. The summed E-state index contributed by atoms with van der Waals surface area (Å²) in [4.78, 5) is 33.5. The molecule has 0 rings (SSSR count). The fourth-order valence-electron chi connectivity index (χ4n) is 0.890. The average molecular weight is 262 g/mol. The van der Waals surface area contributed by atoms with E-state index in [9.17, 15) is 14.4 Å². The zero-order valence-electron chi connectivity index (χ0n) is 10.2. The van der Waals surface area contributed by atoms with Crippen molar-refractivity contribution < 1.29 is 19.1 Å². The molecule has 1 unspecified atom stereocenters. The number of hydrogen-bond donors (Lipinski definition) is 2. The molecule has 6 nitrogen and oxygen atoms in total. The van der Waals surface area contributed by atoms with Crippen molar-refractivity contribution in [1.29, 1.82) is 0 Å². The number of imide groups is 1. The van der Waals surface area contributed by atoms with Gasteiger partial charge < -0.3 is 10.1 Å². The van der Waals surface area contributed by atoms with Gasteiger partial charge in [-0.05, 0) is 20.8 Å². The smallest absolute Gasteiger partial charge is 0.321 e. The van der Waals surface area contributed by atoms with Crippen LogP contribution in [-0.2, 0) is 14.3 Å². The van der Waals surface area contributed by atoms with Crippen LogP contribution in [0.4, 0.5) is 4.79 Å². The molecule has 3 amide bonds. The highest BCUT2D eigenvalue weighted by Gasteiger charge is 2.17. The van der Waals surface area contributed by atoms with Gasteiger partial charge in [0.15, 0.2) is 0 Å². The molecular weight excluding hydrogens is 244 g/mol. The molecule has 0 saturated carbocycles. The van der Waals surface area contributed by atoms with E-state index in [0.29, 0.717) is 13.2 Å². The van der Waals surface area contributed by atoms with Crippen molar-refractivity contribution in [2.45, 2.75) is 26.0 Å². The van der Waals surface area contributed by atoms with Crippen LogP contribution in [0.15, 0.2) is 0 Å². The van der Waals surface area contributed by atoms with Crippen molar-refractivity contribution in [2.24, 2.45) is 0 Å². The number of thioether (sulfide) groups is 1. The number of rotatable bonds is 6. The number of carbonyl (C=O) groups excluding carboxylic acids is 3. The second-order valence-corrected chi connectivity index (χ2v) is 4.44. The Balaban J connectivity index is 3.89. The fourth-order valence-corrected chi connectivity index (χ4v) is 1.57. The van der Waals surface area contributed by atoms with Gasteiger partial charge in [-0.15, -0.1) is 11.8 Å². The van der Waals surface area contributed by atoms with E-state index in [1.54, 1.807) is 20.8 Å². The molecule has 0 aromatic carbocycles. The quantitative estimate of drug-likeness (QED) is 0.682. The van der Waals surface area contributed by atoms with Crippen LogP contribution in [0, 0.1) is 0 Å². The van der Waals surface area contributed by atoms with Gasteiger partial charge in [0, 0.05) is 6.54 Å². The van der Waals surface area contributed by atoms with Crippen LogP contribution in [0.1, 0.15) is 20.8 Å². The average Bonchev–Trinajstić information content (AvgIpc) is 2.26. The number of carbonyl (C=O) groups is 3. The maximum Gasteiger partial charge on any atom is 0.321 e. The molecule has 1 atom stereocenters. The molecule has 17 heavy (non-hydrogen) atoms. The maximum absolute atomic E-state index is 11.5. The second-order valence-electron chi connectivity index (χ2n) is 3.11. The third-order valence-corrected chi connectivity index (χ3v) is 2.82. The van der Waals surface area contributed by atoms with Gasteiger partial charge in [0.1, 0.15) is 0 Å². The summed E-state index contributed by atoms with van der Waals surface area (Å²) < 4.78 is 4.72. The van der Waals surface area contributed by atoms with E-state index in [1.165, 1.54) is 0 Å². The van der Waals surface area contributed by atoms with E-state index in [2.05, 4.69) is 10.6 Å². The molecule has 0 heterocycles. The summed E-state index contributed by atoms with van der Waals surface area (Å²) in [5.74, 6) is -0.696. The molecule has 0 radical (unpaired) electrons. The Hall–Kier alpha value is -1.24. The summed E-state index contributed by atoms with van der Waals surface area (Å²) in [5.41, 5.74) is 0. The minimum Gasteiger partial charge on any atom is -0.465 e. The van der Waals surface area contributed by atoms with Crippen LogP contribution in [0.25, 0.3) is 0 Å². The first-order valence-corrected chi connectivity index (χ1v) is 6.42. The molecule has 0 saturated heterocycles. The first kappa shape index (κ1) is 15.8. The van der Waals surface area contributed by atoms with Crippen molar-refractivity contribution in [3.63, 3.8) is 0 Å². The third-order valence-electron chi connectivity index (χ3n) is 1.70. The molecule has 0 bridgehead atoms. The lowest BCUT2D eigenvalue weighted by Gasteiger charge is -2.10. The summed E-state index contributed by atoms with van der Waals surface area (Å²) >= 11 is 1.13. The van der Waals surface area contributed by atoms with E-state index in [1.807, 2.05) is 0 Å². The predicted octanol–water partition coefficient (Wildman–Crippen LogP) is 0.517. The highest BCUT2D eigenvalue weighted by Crippen LogP contribution is 2.10. The van der Waals surface area contributed by atoms with Gasteiger partial charge in [-0.2, -0.15) is 0 Å². The molecule has 0 aliphatic rings. The van der Waals surface area contributed by atoms with Crippen LogP contribution in [-0.4, -0.2) is 42.1 Å². The highest BCUT2D eigenvalue weighted by molar-refractivity contribution is 8.01. The summed E-state index contributed by atoms with van der Waals surface area (Å²) in [5, 5.41) is 4.13. The van der Waals surface area contributed by atoms with Gasteiger partial charge in [0.05, 0.1) is 17.6 Å². The monoisotopic (exact) mass is 262 g/mol. The minimum atomic E-state index is -0.527. The van der Waals surface area contributed by atoms with E-state index in [4.69, 9.17) is 4.74 Å². The van der Waals surface area contributed by atoms with Gasteiger partial charge in [0.25, 0.3) is 0 Å². The molecule has 7 heteroatoms. The Bertz CT molecular complexity index is 283. The normalized spacial score (nSPS) is 11.5. The Morgan fingerprint density at radius 1 is 1.29 bits per heavy atom. The molecule has 2 N–H and O–H groups in total. The maximum atomic E-state index is 11.5. The summed E-state index contributed by atoms with van der Waals surface area (Å²) in [7, 11) is 0. The molecular formula is C10H18N2O4S. The first-order valence-electron chi connectivity index (χ1n) is 5.37. The van der Waals surface area contributed by atoms with E-state index < -0.39 is 17.2 Å². The first-order chi connectivity index (χ1) is 8.01. The van der Waals surface area contributed by atoms with Crippen LogP contribution in [0.2, 0.25) is 0 Å². The molecule has 0 aromatic rings. The van der Waals surface area contributed by atoms with E-state index in [-0.39, 0.29) is 11.7 Å². The van der Waals surface area contributed by atoms with Crippen molar-refractivity contribution in [3.05, 3.63) is 0 Å². The van der Waals surface area contributed by atoms with Gasteiger partial charge >= 0.3 is 12.0 Å². The zero-order valence-corrected chi connectivity index (χ0v) is 11.1.